The Bertz CT molecular complexity index is 492. The number of carbonyl (C=O) groups excluding carboxylic acids is 1. The summed E-state index contributed by atoms with van der Waals surface area (Å²) in [4.78, 5) is 12.3. The van der Waals surface area contributed by atoms with E-state index in [1.807, 2.05) is 18.2 Å². The standard InChI is InChI=1S/C16H19NO/c1-2-12-5-3-4-6-15(12)17-16(18)14-10-11-7-8-13(14)9-11/h3-8,11,13-14H,2,9-10H2,1H3,(H,17,18)/t11-,13+,14-/m1/s1. The van der Waals surface area contributed by atoms with E-state index >= 15 is 0 Å². The lowest BCUT2D eigenvalue weighted by atomic mass is 9.92. The highest BCUT2D eigenvalue weighted by Crippen LogP contribution is 2.43. The Hall–Kier alpha value is -1.57. The number of nitrogens with one attached hydrogen (secondary N) is 1. The number of para-hydroxylation sites is 1. The Morgan fingerprint density at radius 2 is 2.11 bits per heavy atom. The smallest absolute Gasteiger partial charge is 0.228 e. The molecule has 1 amide bonds. The van der Waals surface area contributed by atoms with Crippen molar-refractivity contribution >= 4 is 11.6 Å². The van der Waals surface area contributed by atoms with Gasteiger partial charge in [-0.1, -0.05) is 37.3 Å². The molecule has 1 N–H and O–H groups in total. The minimum atomic E-state index is 0.185. The second-order valence-corrected chi connectivity index (χ2v) is 5.39. The van der Waals surface area contributed by atoms with Crippen molar-refractivity contribution in [2.24, 2.45) is 17.8 Å². The zero-order valence-corrected chi connectivity index (χ0v) is 10.7. The van der Waals surface area contributed by atoms with Crippen molar-refractivity contribution in [3.8, 4) is 0 Å². The summed E-state index contributed by atoms with van der Waals surface area (Å²) in [6.07, 6.45) is 7.65. The van der Waals surface area contributed by atoms with Gasteiger partial charge in [0.1, 0.15) is 0 Å². The number of hydrogen-bond acceptors (Lipinski definition) is 1. The second-order valence-electron chi connectivity index (χ2n) is 5.39. The van der Waals surface area contributed by atoms with Gasteiger partial charge in [-0.15, -0.1) is 0 Å². The molecule has 0 aliphatic heterocycles. The number of rotatable bonds is 3. The average molecular weight is 241 g/mol. The fourth-order valence-electron chi connectivity index (χ4n) is 3.26. The zero-order chi connectivity index (χ0) is 12.5. The van der Waals surface area contributed by atoms with E-state index in [0.29, 0.717) is 11.8 Å². The largest absolute Gasteiger partial charge is 0.326 e. The Morgan fingerprint density at radius 3 is 2.78 bits per heavy atom. The van der Waals surface area contributed by atoms with Crippen molar-refractivity contribution in [1.29, 1.82) is 0 Å². The third kappa shape index (κ3) is 1.96. The molecule has 94 valence electrons. The lowest BCUT2D eigenvalue weighted by molar-refractivity contribution is -0.120. The summed E-state index contributed by atoms with van der Waals surface area (Å²) in [5, 5.41) is 3.12. The maximum Gasteiger partial charge on any atom is 0.228 e. The molecule has 0 heterocycles. The normalized spacial score (nSPS) is 28.6. The van der Waals surface area contributed by atoms with Crippen LogP contribution < -0.4 is 5.32 Å². The number of carbonyl (C=O) groups is 1. The molecule has 2 heteroatoms. The van der Waals surface area contributed by atoms with Crippen molar-refractivity contribution in [2.45, 2.75) is 26.2 Å². The first-order valence-corrected chi connectivity index (χ1v) is 6.85. The fourth-order valence-corrected chi connectivity index (χ4v) is 3.26. The predicted molar refractivity (Wildman–Crippen MR) is 73.3 cm³/mol. The van der Waals surface area contributed by atoms with Gasteiger partial charge in [-0.05, 0) is 42.7 Å². The summed E-state index contributed by atoms with van der Waals surface area (Å²) >= 11 is 0. The lowest BCUT2D eigenvalue weighted by Crippen LogP contribution is -2.26. The molecule has 0 saturated heterocycles. The van der Waals surface area contributed by atoms with E-state index in [0.717, 1.165) is 18.5 Å². The van der Waals surface area contributed by atoms with Gasteiger partial charge < -0.3 is 5.32 Å². The number of fused-ring (bicyclic) bond motifs is 2. The minimum Gasteiger partial charge on any atom is -0.326 e. The average Bonchev–Trinajstić information content (AvgIpc) is 3.01. The molecule has 1 fully saturated rings. The zero-order valence-electron chi connectivity index (χ0n) is 10.7. The van der Waals surface area contributed by atoms with Crippen LogP contribution in [0.15, 0.2) is 36.4 Å². The third-order valence-electron chi connectivity index (χ3n) is 4.27. The molecule has 2 nitrogen and oxygen atoms in total. The number of hydrogen-bond donors (Lipinski definition) is 1. The van der Waals surface area contributed by atoms with Gasteiger partial charge in [-0.3, -0.25) is 4.79 Å². The fraction of sp³-hybridized carbons (Fsp3) is 0.438. The van der Waals surface area contributed by atoms with Gasteiger partial charge in [-0.25, -0.2) is 0 Å². The van der Waals surface area contributed by atoms with Gasteiger partial charge in [0.2, 0.25) is 5.91 Å². The van der Waals surface area contributed by atoms with Crippen molar-refractivity contribution < 1.29 is 4.79 Å². The maximum atomic E-state index is 12.3. The number of anilines is 1. The third-order valence-corrected chi connectivity index (χ3v) is 4.27. The van der Waals surface area contributed by atoms with Crippen LogP contribution >= 0.6 is 0 Å². The molecule has 3 rings (SSSR count). The van der Waals surface area contributed by atoms with E-state index in [1.165, 1.54) is 12.0 Å². The van der Waals surface area contributed by atoms with Crippen LogP contribution in [-0.4, -0.2) is 5.91 Å². The Morgan fingerprint density at radius 1 is 1.28 bits per heavy atom. The van der Waals surface area contributed by atoms with Crippen LogP contribution in [0, 0.1) is 17.8 Å². The molecule has 0 radical (unpaired) electrons. The quantitative estimate of drug-likeness (QED) is 0.807. The number of amides is 1. The first kappa shape index (κ1) is 11.5. The van der Waals surface area contributed by atoms with E-state index in [-0.39, 0.29) is 11.8 Å². The molecule has 18 heavy (non-hydrogen) atoms. The highest BCUT2D eigenvalue weighted by Gasteiger charge is 2.39. The molecule has 1 saturated carbocycles. The molecule has 2 aliphatic rings. The summed E-state index contributed by atoms with van der Waals surface area (Å²) in [6, 6.07) is 8.08. The molecule has 1 aromatic carbocycles. The molecule has 3 atom stereocenters. The van der Waals surface area contributed by atoms with E-state index in [1.54, 1.807) is 0 Å². The Balaban J connectivity index is 1.73. The van der Waals surface area contributed by atoms with Gasteiger partial charge >= 0.3 is 0 Å². The van der Waals surface area contributed by atoms with Crippen LogP contribution in [0.5, 0.6) is 0 Å². The Labute approximate surface area is 108 Å². The molecule has 0 aromatic heterocycles. The molecule has 1 aromatic rings. The van der Waals surface area contributed by atoms with E-state index in [4.69, 9.17) is 0 Å². The van der Waals surface area contributed by atoms with Gasteiger partial charge in [0.05, 0.1) is 0 Å². The molecule has 2 bridgehead atoms. The first-order chi connectivity index (χ1) is 8.78. The highest BCUT2D eigenvalue weighted by atomic mass is 16.1. The number of allylic oxidation sites excluding steroid dienone is 2. The van der Waals surface area contributed by atoms with Gasteiger partial charge in [0, 0.05) is 11.6 Å². The van der Waals surface area contributed by atoms with Crippen LogP contribution in [0.1, 0.15) is 25.3 Å². The van der Waals surface area contributed by atoms with Crippen molar-refractivity contribution in [1.82, 2.24) is 0 Å². The SMILES string of the molecule is CCc1ccccc1NC(=O)[C@@H]1C[C@@H]2C=C[C@H]1C2. The first-order valence-electron chi connectivity index (χ1n) is 6.85. The maximum absolute atomic E-state index is 12.3. The second kappa shape index (κ2) is 4.60. The van der Waals surface area contributed by atoms with Crippen LogP contribution in [0.3, 0.4) is 0 Å². The summed E-state index contributed by atoms with van der Waals surface area (Å²) < 4.78 is 0. The molecule has 0 unspecified atom stereocenters. The van der Waals surface area contributed by atoms with E-state index < -0.39 is 0 Å². The van der Waals surface area contributed by atoms with Crippen LogP contribution in [0.4, 0.5) is 5.69 Å². The lowest BCUT2D eigenvalue weighted by Gasteiger charge is -2.18. The summed E-state index contributed by atoms with van der Waals surface area (Å²) in [5.41, 5.74) is 2.20. The Kier molecular flexibility index (Phi) is 2.94. The summed E-state index contributed by atoms with van der Waals surface area (Å²) in [6.45, 7) is 2.12. The van der Waals surface area contributed by atoms with E-state index in [9.17, 15) is 4.79 Å². The van der Waals surface area contributed by atoms with Gasteiger partial charge in [0.15, 0.2) is 0 Å². The molecule has 0 spiro atoms. The summed E-state index contributed by atoms with van der Waals surface area (Å²) in [5.74, 6) is 1.51. The molecule has 2 aliphatic carbocycles. The van der Waals surface area contributed by atoms with Crippen molar-refractivity contribution in [3.63, 3.8) is 0 Å². The van der Waals surface area contributed by atoms with Crippen LogP contribution in [-0.2, 0) is 11.2 Å². The predicted octanol–water partition coefficient (Wildman–Crippen LogP) is 3.40. The van der Waals surface area contributed by atoms with Crippen molar-refractivity contribution in [2.75, 3.05) is 5.32 Å². The van der Waals surface area contributed by atoms with Crippen LogP contribution in [0.25, 0.3) is 0 Å². The number of benzene rings is 1. The highest BCUT2D eigenvalue weighted by molar-refractivity contribution is 5.94. The number of aryl methyl sites for hydroxylation is 1. The topological polar surface area (TPSA) is 29.1 Å². The monoisotopic (exact) mass is 241 g/mol. The van der Waals surface area contributed by atoms with Gasteiger partial charge in [0.25, 0.3) is 0 Å². The van der Waals surface area contributed by atoms with Crippen LogP contribution in [0.2, 0.25) is 0 Å². The molecular formula is C16H19NO. The van der Waals surface area contributed by atoms with E-state index in [2.05, 4.69) is 30.5 Å². The van der Waals surface area contributed by atoms with Gasteiger partial charge in [-0.2, -0.15) is 0 Å². The minimum absolute atomic E-state index is 0.185. The molecular weight excluding hydrogens is 222 g/mol. The summed E-state index contributed by atoms with van der Waals surface area (Å²) in [7, 11) is 0. The van der Waals surface area contributed by atoms with Crippen molar-refractivity contribution in [3.05, 3.63) is 42.0 Å².